The summed E-state index contributed by atoms with van der Waals surface area (Å²) < 4.78 is 8.69. The first-order valence-corrected chi connectivity index (χ1v) is 7.82. The van der Waals surface area contributed by atoms with Gasteiger partial charge in [-0.1, -0.05) is 22.0 Å². The molecule has 0 spiro atoms. The molecule has 3 aromatic rings. The molecule has 0 saturated carbocycles. The summed E-state index contributed by atoms with van der Waals surface area (Å²) >= 11 is 5.00. The minimum absolute atomic E-state index is 0.380. The molecular formula is C14H13BrN2O2S. The molecule has 1 N–H and O–H groups in total. The van der Waals surface area contributed by atoms with Gasteiger partial charge in [0.1, 0.15) is 12.4 Å². The van der Waals surface area contributed by atoms with E-state index < -0.39 is 6.10 Å². The monoisotopic (exact) mass is 352 g/mol. The molecule has 1 aromatic carbocycles. The van der Waals surface area contributed by atoms with Gasteiger partial charge in [-0.2, -0.15) is 0 Å². The maximum absolute atomic E-state index is 9.76. The molecule has 0 aliphatic rings. The van der Waals surface area contributed by atoms with Crippen LogP contribution in [0, 0.1) is 0 Å². The fourth-order valence-electron chi connectivity index (χ4n) is 1.98. The van der Waals surface area contributed by atoms with Crippen LogP contribution in [0.1, 0.15) is 24.3 Å². The van der Waals surface area contributed by atoms with E-state index in [1.807, 2.05) is 40.4 Å². The Kier molecular flexibility index (Phi) is 3.78. The Labute approximate surface area is 128 Å². The third kappa shape index (κ3) is 2.72. The Morgan fingerprint density at radius 2 is 2.35 bits per heavy atom. The summed E-state index contributed by atoms with van der Waals surface area (Å²) in [6.07, 6.45) is 3.35. The number of benzene rings is 1. The van der Waals surface area contributed by atoms with E-state index in [9.17, 15) is 5.11 Å². The molecule has 4 nitrogen and oxygen atoms in total. The molecule has 3 rings (SSSR count). The van der Waals surface area contributed by atoms with Gasteiger partial charge < -0.3 is 9.84 Å². The van der Waals surface area contributed by atoms with Crippen molar-refractivity contribution in [1.29, 1.82) is 0 Å². The molecule has 2 aromatic heterocycles. The number of aliphatic hydroxyl groups is 1. The Morgan fingerprint density at radius 3 is 3.10 bits per heavy atom. The van der Waals surface area contributed by atoms with Gasteiger partial charge in [0.05, 0.1) is 11.8 Å². The third-order valence-corrected chi connectivity index (χ3v) is 4.21. The Bertz CT molecular complexity index is 707. The molecule has 0 fully saturated rings. The summed E-state index contributed by atoms with van der Waals surface area (Å²) in [6, 6.07) is 5.61. The minimum Gasteiger partial charge on any atom is -0.487 e. The van der Waals surface area contributed by atoms with Gasteiger partial charge in [0.25, 0.3) is 0 Å². The summed E-state index contributed by atoms with van der Waals surface area (Å²) in [5, 5.41) is 11.8. The van der Waals surface area contributed by atoms with Crippen LogP contribution in [-0.4, -0.2) is 14.5 Å². The van der Waals surface area contributed by atoms with Crippen molar-refractivity contribution >= 4 is 32.2 Å². The molecule has 0 saturated heterocycles. The highest BCUT2D eigenvalue weighted by Gasteiger charge is 2.11. The molecular weight excluding hydrogens is 340 g/mol. The fraction of sp³-hybridized carbons (Fsp3) is 0.214. The molecule has 1 atom stereocenters. The van der Waals surface area contributed by atoms with Crippen LogP contribution < -0.4 is 4.74 Å². The summed E-state index contributed by atoms with van der Waals surface area (Å²) in [7, 11) is 0. The zero-order valence-electron chi connectivity index (χ0n) is 10.8. The molecule has 2 heterocycles. The second kappa shape index (κ2) is 5.55. The number of aliphatic hydroxyl groups excluding tert-OH is 1. The lowest BCUT2D eigenvalue weighted by Crippen LogP contribution is -2.01. The van der Waals surface area contributed by atoms with Crippen LogP contribution in [0.3, 0.4) is 0 Å². The van der Waals surface area contributed by atoms with Crippen molar-refractivity contribution in [1.82, 2.24) is 9.38 Å². The standard InChI is InChI=1S/C14H13BrN2O2S/c1-9(18)12-3-2-10(15)6-13(12)19-8-11-7-17-4-5-20-14(17)16-11/h2-7,9,18H,8H2,1H3/t9-/m0/s1. The van der Waals surface area contributed by atoms with Gasteiger partial charge >= 0.3 is 0 Å². The highest BCUT2D eigenvalue weighted by Crippen LogP contribution is 2.29. The van der Waals surface area contributed by atoms with Crippen LogP contribution in [0.25, 0.3) is 4.96 Å². The number of halogens is 1. The molecule has 104 valence electrons. The first-order valence-electron chi connectivity index (χ1n) is 6.15. The third-order valence-electron chi connectivity index (χ3n) is 2.94. The normalized spacial score (nSPS) is 12.8. The van der Waals surface area contributed by atoms with Crippen LogP contribution in [0.5, 0.6) is 5.75 Å². The Hall–Kier alpha value is -1.37. The molecule has 6 heteroatoms. The topological polar surface area (TPSA) is 46.8 Å². The number of rotatable bonds is 4. The number of hydrogen-bond acceptors (Lipinski definition) is 4. The van der Waals surface area contributed by atoms with E-state index in [1.54, 1.807) is 18.3 Å². The largest absolute Gasteiger partial charge is 0.487 e. The van der Waals surface area contributed by atoms with Crippen molar-refractivity contribution in [2.75, 3.05) is 0 Å². The summed E-state index contributed by atoms with van der Waals surface area (Å²) in [6.45, 7) is 2.10. The van der Waals surface area contributed by atoms with E-state index in [4.69, 9.17) is 4.74 Å². The first-order chi connectivity index (χ1) is 9.63. The highest BCUT2D eigenvalue weighted by atomic mass is 79.9. The van der Waals surface area contributed by atoms with Crippen molar-refractivity contribution in [3.8, 4) is 5.75 Å². The smallest absolute Gasteiger partial charge is 0.193 e. The number of hydrogen-bond donors (Lipinski definition) is 1. The Balaban J connectivity index is 1.80. The lowest BCUT2D eigenvalue weighted by molar-refractivity contribution is 0.190. The number of imidazole rings is 1. The molecule has 0 aliphatic heterocycles. The summed E-state index contributed by atoms with van der Waals surface area (Å²) in [4.78, 5) is 5.42. The maximum Gasteiger partial charge on any atom is 0.193 e. The van der Waals surface area contributed by atoms with Gasteiger partial charge in [0.2, 0.25) is 0 Å². The molecule has 0 amide bonds. The summed E-state index contributed by atoms with van der Waals surface area (Å²) in [5.74, 6) is 0.672. The lowest BCUT2D eigenvalue weighted by atomic mass is 10.1. The average Bonchev–Trinajstić information content (AvgIpc) is 2.96. The molecule has 0 radical (unpaired) electrons. The van der Waals surface area contributed by atoms with Crippen LogP contribution in [0.4, 0.5) is 0 Å². The first kappa shape index (κ1) is 13.6. The zero-order valence-corrected chi connectivity index (χ0v) is 13.2. The minimum atomic E-state index is -0.566. The SMILES string of the molecule is C[C@H](O)c1ccc(Br)cc1OCc1cn2ccsc2n1. The van der Waals surface area contributed by atoms with Crippen molar-refractivity contribution < 1.29 is 9.84 Å². The van der Waals surface area contributed by atoms with E-state index in [0.29, 0.717) is 12.4 Å². The number of fused-ring (bicyclic) bond motifs is 1. The fourth-order valence-corrected chi connectivity index (χ4v) is 3.03. The van der Waals surface area contributed by atoms with Gasteiger partial charge in [0, 0.05) is 27.8 Å². The predicted octanol–water partition coefficient (Wildman–Crippen LogP) is 3.79. The number of nitrogens with zero attached hydrogens (tertiary/aromatic N) is 2. The second-order valence-corrected chi connectivity index (χ2v) is 6.26. The van der Waals surface area contributed by atoms with Gasteiger partial charge in [-0.25, -0.2) is 4.98 Å². The van der Waals surface area contributed by atoms with Gasteiger partial charge in [0.15, 0.2) is 4.96 Å². The quantitative estimate of drug-likeness (QED) is 0.776. The van der Waals surface area contributed by atoms with Gasteiger partial charge in [-0.05, 0) is 19.1 Å². The molecule has 0 bridgehead atoms. The van der Waals surface area contributed by atoms with Crippen LogP contribution in [0.15, 0.2) is 40.4 Å². The Morgan fingerprint density at radius 1 is 1.50 bits per heavy atom. The lowest BCUT2D eigenvalue weighted by Gasteiger charge is -2.13. The van der Waals surface area contributed by atoms with Gasteiger partial charge in [-0.3, -0.25) is 4.40 Å². The van der Waals surface area contributed by atoms with E-state index in [2.05, 4.69) is 20.9 Å². The number of ether oxygens (including phenoxy) is 1. The predicted molar refractivity (Wildman–Crippen MR) is 82.2 cm³/mol. The number of thiazole rings is 1. The van der Waals surface area contributed by atoms with E-state index in [-0.39, 0.29) is 0 Å². The average molecular weight is 353 g/mol. The van der Waals surface area contributed by atoms with E-state index in [0.717, 1.165) is 20.7 Å². The van der Waals surface area contributed by atoms with Crippen molar-refractivity contribution in [3.63, 3.8) is 0 Å². The van der Waals surface area contributed by atoms with Crippen LogP contribution in [-0.2, 0) is 6.61 Å². The van der Waals surface area contributed by atoms with Gasteiger partial charge in [-0.15, -0.1) is 11.3 Å². The van der Waals surface area contributed by atoms with Crippen molar-refractivity contribution in [2.45, 2.75) is 19.6 Å². The second-order valence-electron chi connectivity index (χ2n) is 4.47. The van der Waals surface area contributed by atoms with E-state index >= 15 is 0 Å². The summed E-state index contributed by atoms with van der Waals surface area (Å²) in [5.41, 5.74) is 1.64. The van der Waals surface area contributed by atoms with Crippen molar-refractivity contribution in [3.05, 3.63) is 51.7 Å². The highest BCUT2D eigenvalue weighted by molar-refractivity contribution is 9.10. The zero-order chi connectivity index (χ0) is 14.1. The van der Waals surface area contributed by atoms with Crippen LogP contribution in [0.2, 0.25) is 0 Å². The maximum atomic E-state index is 9.76. The van der Waals surface area contributed by atoms with Crippen LogP contribution >= 0.6 is 27.3 Å². The molecule has 20 heavy (non-hydrogen) atoms. The molecule has 0 unspecified atom stereocenters. The number of aromatic nitrogens is 2. The van der Waals surface area contributed by atoms with E-state index in [1.165, 1.54) is 0 Å². The molecule has 0 aliphatic carbocycles. The van der Waals surface area contributed by atoms with Crippen molar-refractivity contribution in [2.24, 2.45) is 0 Å².